The van der Waals surface area contributed by atoms with Gasteiger partial charge < -0.3 is 9.80 Å². The highest BCUT2D eigenvalue weighted by Gasteiger charge is 2.23. The Bertz CT molecular complexity index is 523. The van der Waals surface area contributed by atoms with Crippen LogP contribution in [0.5, 0.6) is 0 Å². The summed E-state index contributed by atoms with van der Waals surface area (Å²) in [7, 11) is 0. The lowest BCUT2D eigenvalue weighted by molar-refractivity contribution is 0.249. The van der Waals surface area contributed by atoms with E-state index in [1.165, 1.54) is 51.0 Å². The van der Waals surface area contributed by atoms with E-state index in [-0.39, 0.29) is 0 Å². The molecule has 0 radical (unpaired) electrons. The number of benzene rings is 1. The Labute approximate surface area is 135 Å². The molecule has 0 saturated carbocycles. The number of halogens is 1. The zero-order valence-electron chi connectivity index (χ0n) is 12.4. The Hall–Kier alpha value is -1.05. The van der Waals surface area contributed by atoms with Crippen molar-refractivity contribution in [3.63, 3.8) is 0 Å². The summed E-state index contributed by atoms with van der Waals surface area (Å²) in [5.41, 5.74) is 1.95. The number of nitrogens with zero attached hydrogens (tertiary/aromatic N) is 3. The largest absolute Gasteiger partial charge is 0.371 e. The van der Waals surface area contributed by atoms with Crippen LogP contribution < -0.4 is 4.90 Å². The van der Waals surface area contributed by atoms with E-state index in [2.05, 4.69) is 37.9 Å². The Morgan fingerprint density at radius 2 is 1.86 bits per heavy atom. The van der Waals surface area contributed by atoms with Crippen LogP contribution in [-0.4, -0.2) is 37.6 Å². The van der Waals surface area contributed by atoms with E-state index in [9.17, 15) is 0 Å². The van der Waals surface area contributed by atoms with Gasteiger partial charge >= 0.3 is 0 Å². The van der Waals surface area contributed by atoms with Crippen molar-refractivity contribution in [2.45, 2.75) is 25.7 Å². The number of hydrogen-bond donors (Lipinski definition) is 0. The Morgan fingerprint density at radius 3 is 2.48 bits per heavy atom. The normalized spacial score (nSPS) is 20.7. The van der Waals surface area contributed by atoms with Crippen LogP contribution in [0.3, 0.4) is 0 Å². The molecular weight excluding hydrogens is 326 g/mol. The average Bonchev–Trinajstić information content (AvgIpc) is 3.01. The van der Waals surface area contributed by atoms with Gasteiger partial charge in [0.05, 0.1) is 17.3 Å². The quantitative estimate of drug-likeness (QED) is 0.836. The van der Waals surface area contributed by atoms with Crippen LogP contribution >= 0.6 is 15.9 Å². The molecule has 2 heterocycles. The van der Waals surface area contributed by atoms with E-state index in [1.54, 1.807) is 0 Å². The third kappa shape index (κ3) is 3.59. The van der Waals surface area contributed by atoms with E-state index >= 15 is 0 Å². The molecule has 112 valence electrons. The van der Waals surface area contributed by atoms with Gasteiger partial charge in [-0.2, -0.15) is 5.26 Å². The summed E-state index contributed by atoms with van der Waals surface area (Å²) in [5, 5.41) is 8.94. The Balaban J connectivity index is 1.56. The van der Waals surface area contributed by atoms with Crippen molar-refractivity contribution in [1.82, 2.24) is 4.90 Å². The van der Waals surface area contributed by atoms with Crippen molar-refractivity contribution in [2.24, 2.45) is 5.92 Å². The summed E-state index contributed by atoms with van der Waals surface area (Å²) in [6.07, 6.45) is 5.33. The fourth-order valence-electron chi connectivity index (χ4n) is 3.52. The summed E-state index contributed by atoms with van der Waals surface area (Å²) in [6.45, 7) is 6.16. The van der Waals surface area contributed by atoms with Crippen molar-refractivity contribution >= 4 is 21.6 Å². The molecule has 0 aromatic heterocycles. The number of likely N-dealkylation sites (tertiary alicyclic amines) is 1. The molecule has 3 nitrogen and oxygen atoms in total. The molecule has 2 saturated heterocycles. The second-order valence-electron chi connectivity index (χ2n) is 6.22. The first kappa shape index (κ1) is 14.9. The molecule has 0 unspecified atom stereocenters. The lowest BCUT2D eigenvalue weighted by Gasteiger charge is -2.35. The van der Waals surface area contributed by atoms with Gasteiger partial charge in [-0.15, -0.1) is 0 Å². The van der Waals surface area contributed by atoms with Gasteiger partial charge in [-0.1, -0.05) is 0 Å². The van der Waals surface area contributed by atoms with Crippen LogP contribution in [0.4, 0.5) is 5.69 Å². The Morgan fingerprint density at radius 1 is 1.14 bits per heavy atom. The minimum Gasteiger partial charge on any atom is -0.371 e. The minimum atomic E-state index is 0.717. The monoisotopic (exact) mass is 347 g/mol. The molecule has 0 aliphatic carbocycles. The predicted molar refractivity (Wildman–Crippen MR) is 89.5 cm³/mol. The van der Waals surface area contributed by atoms with Gasteiger partial charge in [0.2, 0.25) is 0 Å². The molecular formula is C17H22BrN3. The summed E-state index contributed by atoms with van der Waals surface area (Å²) in [5.74, 6) is 0.858. The second-order valence-corrected chi connectivity index (χ2v) is 7.07. The van der Waals surface area contributed by atoms with Crippen LogP contribution in [0.1, 0.15) is 31.2 Å². The van der Waals surface area contributed by atoms with Gasteiger partial charge in [0.25, 0.3) is 0 Å². The zero-order valence-corrected chi connectivity index (χ0v) is 14.0. The summed E-state index contributed by atoms with van der Waals surface area (Å²) < 4.78 is 1.04. The van der Waals surface area contributed by atoms with E-state index < -0.39 is 0 Å². The number of rotatable bonds is 3. The highest BCUT2D eigenvalue weighted by atomic mass is 79.9. The minimum absolute atomic E-state index is 0.717. The standard InChI is InChI=1S/C17H22BrN3/c18-16-11-15(12-19)3-4-17(16)21-9-5-14(6-10-21)13-20-7-1-2-8-20/h3-4,11,14H,1-2,5-10,13H2. The molecule has 2 aliphatic rings. The van der Waals surface area contributed by atoms with Crippen molar-refractivity contribution < 1.29 is 0 Å². The molecule has 21 heavy (non-hydrogen) atoms. The Kier molecular flexibility index (Phi) is 4.82. The van der Waals surface area contributed by atoms with Crippen molar-refractivity contribution in [3.05, 3.63) is 28.2 Å². The molecule has 2 aliphatic heterocycles. The van der Waals surface area contributed by atoms with Crippen LogP contribution in [0, 0.1) is 17.2 Å². The van der Waals surface area contributed by atoms with Crippen LogP contribution in [-0.2, 0) is 0 Å². The van der Waals surface area contributed by atoms with E-state index in [0.29, 0.717) is 0 Å². The van der Waals surface area contributed by atoms with Gasteiger partial charge in [0.1, 0.15) is 0 Å². The van der Waals surface area contributed by atoms with Gasteiger partial charge in [-0.25, -0.2) is 0 Å². The topological polar surface area (TPSA) is 30.3 Å². The van der Waals surface area contributed by atoms with Gasteiger partial charge in [-0.3, -0.25) is 0 Å². The molecule has 0 spiro atoms. The molecule has 0 atom stereocenters. The number of hydrogen-bond acceptors (Lipinski definition) is 3. The number of nitriles is 1. The number of piperidine rings is 1. The summed E-state index contributed by atoms with van der Waals surface area (Å²) >= 11 is 3.61. The van der Waals surface area contributed by atoms with E-state index in [0.717, 1.165) is 29.0 Å². The number of anilines is 1. The molecule has 1 aromatic carbocycles. The predicted octanol–water partition coefficient (Wildman–Crippen LogP) is 3.63. The first-order valence-corrected chi connectivity index (χ1v) is 8.72. The second kappa shape index (κ2) is 6.81. The van der Waals surface area contributed by atoms with Gasteiger partial charge in [0.15, 0.2) is 0 Å². The van der Waals surface area contributed by atoms with Crippen LogP contribution in [0.25, 0.3) is 0 Å². The smallest absolute Gasteiger partial charge is 0.0992 e. The van der Waals surface area contributed by atoms with E-state index in [1.807, 2.05) is 12.1 Å². The molecule has 0 N–H and O–H groups in total. The average molecular weight is 348 g/mol. The lowest BCUT2D eigenvalue weighted by atomic mass is 9.96. The van der Waals surface area contributed by atoms with Crippen molar-refractivity contribution in [3.8, 4) is 6.07 Å². The van der Waals surface area contributed by atoms with Crippen LogP contribution in [0.15, 0.2) is 22.7 Å². The van der Waals surface area contributed by atoms with Gasteiger partial charge in [0, 0.05) is 24.1 Å². The molecule has 0 bridgehead atoms. The lowest BCUT2D eigenvalue weighted by Crippen LogP contribution is -2.38. The molecule has 1 aromatic rings. The fourth-order valence-corrected chi connectivity index (χ4v) is 4.15. The highest BCUT2D eigenvalue weighted by molar-refractivity contribution is 9.10. The maximum absolute atomic E-state index is 8.94. The summed E-state index contributed by atoms with van der Waals surface area (Å²) in [4.78, 5) is 5.09. The van der Waals surface area contributed by atoms with E-state index in [4.69, 9.17) is 5.26 Å². The molecule has 3 rings (SSSR count). The maximum atomic E-state index is 8.94. The van der Waals surface area contributed by atoms with Gasteiger partial charge in [-0.05, 0) is 78.8 Å². The third-order valence-corrected chi connectivity index (χ3v) is 5.38. The highest BCUT2D eigenvalue weighted by Crippen LogP contribution is 2.31. The third-order valence-electron chi connectivity index (χ3n) is 4.75. The first-order valence-electron chi connectivity index (χ1n) is 7.93. The zero-order chi connectivity index (χ0) is 14.7. The molecule has 0 amide bonds. The van der Waals surface area contributed by atoms with Crippen molar-refractivity contribution in [1.29, 1.82) is 5.26 Å². The van der Waals surface area contributed by atoms with Crippen molar-refractivity contribution in [2.75, 3.05) is 37.6 Å². The SMILES string of the molecule is N#Cc1ccc(N2CCC(CN3CCCC3)CC2)c(Br)c1. The fraction of sp³-hybridized carbons (Fsp3) is 0.588. The summed E-state index contributed by atoms with van der Waals surface area (Å²) in [6, 6.07) is 8.10. The first-order chi connectivity index (χ1) is 10.3. The molecule has 2 fully saturated rings. The maximum Gasteiger partial charge on any atom is 0.0992 e. The van der Waals surface area contributed by atoms with Crippen LogP contribution in [0.2, 0.25) is 0 Å². The molecule has 4 heteroatoms.